The Morgan fingerprint density at radius 3 is 2.59 bits per heavy atom. The lowest BCUT2D eigenvalue weighted by Crippen LogP contribution is -2.15. The molecule has 1 heterocycles. The normalized spacial score (nSPS) is 12.5. The van der Waals surface area contributed by atoms with Crippen molar-refractivity contribution in [1.82, 2.24) is 0 Å². The van der Waals surface area contributed by atoms with Crippen LogP contribution < -0.4 is 11.2 Å². The predicted octanol–water partition coefficient (Wildman–Crippen LogP) is 3.93. The summed E-state index contributed by atoms with van der Waals surface area (Å²) in [7, 11) is 0. The highest BCUT2D eigenvalue weighted by Gasteiger charge is 2.20. The van der Waals surface area contributed by atoms with Gasteiger partial charge in [-0.15, -0.1) is 0 Å². The molecule has 0 saturated heterocycles. The number of nitrogens with two attached hydrogens (primary N) is 1. The number of halogens is 1. The molecule has 22 heavy (non-hydrogen) atoms. The van der Waals surface area contributed by atoms with Crippen molar-refractivity contribution in [2.45, 2.75) is 19.9 Å². The second-order valence-corrected chi connectivity index (χ2v) is 5.44. The quantitative estimate of drug-likeness (QED) is 0.779. The fourth-order valence-corrected chi connectivity index (χ4v) is 2.61. The SMILES string of the molecule is Cc1cccc(-c2c(C(C)N)oc3cccc(F)c3c2=O)c1. The fraction of sp³-hybridized carbons (Fsp3) is 0.167. The molecule has 0 fully saturated rings. The van der Waals surface area contributed by atoms with Crippen LogP contribution in [0.3, 0.4) is 0 Å². The minimum absolute atomic E-state index is 0.0385. The lowest BCUT2D eigenvalue weighted by molar-refractivity contribution is 0.501. The molecule has 0 amide bonds. The Kier molecular flexibility index (Phi) is 3.54. The predicted molar refractivity (Wildman–Crippen MR) is 85.2 cm³/mol. The van der Waals surface area contributed by atoms with Gasteiger partial charge in [-0.25, -0.2) is 4.39 Å². The summed E-state index contributed by atoms with van der Waals surface area (Å²) in [5.41, 5.74) is 7.80. The molecule has 3 nitrogen and oxygen atoms in total. The minimum atomic E-state index is -0.587. The first-order valence-corrected chi connectivity index (χ1v) is 7.07. The van der Waals surface area contributed by atoms with Gasteiger partial charge in [0.2, 0.25) is 5.43 Å². The van der Waals surface area contributed by atoms with Gasteiger partial charge in [0.05, 0.1) is 11.6 Å². The third kappa shape index (κ3) is 2.31. The van der Waals surface area contributed by atoms with E-state index in [1.54, 1.807) is 19.1 Å². The highest BCUT2D eigenvalue weighted by molar-refractivity contribution is 5.83. The zero-order chi connectivity index (χ0) is 15.9. The molecule has 0 aliphatic heterocycles. The summed E-state index contributed by atoms with van der Waals surface area (Å²) < 4.78 is 19.8. The van der Waals surface area contributed by atoms with E-state index in [-0.39, 0.29) is 11.0 Å². The lowest BCUT2D eigenvalue weighted by atomic mass is 9.98. The Bertz CT molecular complexity index is 913. The molecule has 1 aromatic heterocycles. The third-order valence-electron chi connectivity index (χ3n) is 3.62. The Morgan fingerprint density at radius 1 is 1.18 bits per heavy atom. The standard InChI is InChI=1S/C18H16FNO2/c1-10-5-3-6-12(9-10)15-17(21)16-13(19)7-4-8-14(16)22-18(15)11(2)20/h3-9,11H,20H2,1-2H3. The summed E-state index contributed by atoms with van der Waals surface area (Å²) in [4.78, 5) is 12.8. The summed E-state index contributed by atoms with van der Waals surface area (Å²) in [5.74, 6) is -0.218. The van der Waals surface area contributed by atoms with Crippen LogP contribution in [-0.2, 0) is 0 Å². The summed E-state index contributed by atoms with van der Waals surface area (Å²) in [6.07, 6.45) is 0. The van der Waals surface area contributed by atoms with Crippen LogP contribution in [0, 0.1) is 12.7 Å². The van der Waals surface area contributed by atoms with E-state index in [0.29, 0.717) is 16.9 Å². The molecule has 1 atom stereocenters. The van der Waals surface area contributed by atoms with Gasteiger partial charge in [0.1, 0.15) is 22.5 Å². The Balaban J connectivity index is 2.46. The minimum Gasteiger partial charge on any atom is -0.458 e. The highest BCUT2D eigenvalue weighted by Crippen LogP contribution is 2.29. The number of fused-ring (bicyclic) bond motifs is 1. The third-order valence-corrected chi connectivity index (χ3v) is 3.62. The molecule has 0 radical (unpaired) electrons. The number of aryl methyl sites for hydroxylation is 1. The fourth-order valence-electron chi connectivity index (χ4n) is 2.61. The van der Waals surface area contributed by atoms with Crippen molar-refractivity contribution in [1.29, 1.82) is 0 Å². The second-order valence-electron chi connectivity index (χ2n) is 5.44. The van der Waals surface area contributed by atoms with Gasteiger partial charge >= 0.3 is 0 Å². The molecular formula is C18H16FNO2. The van der Waals surface area contributed by atoms with Crippen molar-refractivity contribution < 1.29 is 8.81 Å². The van der Waals surface area contributed by atoms with Gasteiger partial charge in [-0.05, 0) is 31.5 Å². The maximum absolute atomic E-state index is 14.1. The molecule has 0 aliphatic carbocycles. The van der Waals surface area contributed by atoms with Crippen LogP contribution in [-0.4, -0.2) is 0 Å². The molecule has 112 valence electrons. The molecular weight excluding hydrogens is 281 g/mol. The van der Waals surface area contributed by atoms with Crippen molar-refractivity contribution in [2.75, 3.05) is 0 Å². The summed E-state index contributed by atoms with van der Waals surface area (Å²) in [6.45, 7) is 3.67. The average molecular weight is 297 g/mol. The molecule has 3 rings (SSSR count). The van der Waals surface area contributed by atoms with E-state index in [1.807, 2.05) is 25.1 Å². The van der Waals surface area contributed by atoms with E-state index in [4.69, 9.17) is 10.2 Å². The first-order chi connectivity index (χ1) is 10.5. The van der Waals surface area contributed by atoms with Crippen LogP contribution in [0.1, 0.15) is 24.3 Å². The number of benzene rings is 2. The smallest absolute Gasteiger partial charge is 0.203 e. The van der Waals surface area contributed by atoms with Crippen molar-refractivity contribution in [3.63, 3.8) is 0 Å². The molecule has 2 aromatic carbocycles. The van der Waals surface area contributed by atoms with Crippen LogP contribution in [0.5, 0.6) is 0 Å². The van der Waals surface area contributed by atoms with Crippen LogP contribution in [0.2, 0.25) is 0 Å². The van der Waals surface area contributed by atoms with E-state index in [1.165, 1.54) is 12.1 Å². The van der Waals surface area contributed by atoms with Gasteiger partial charge in [-0.3, -0.25) is 4.79 Å². The zero-order valence-electron chi connectivity index (χ0n) is 12.4. The molecule has 2 N–H and O–H groups in total. The van der Waals surface area contributed by atoms with Crippen molar-refractivity contribution in [3.8, 4) is 11.1 Å². The van der Waals surface area contributed by atoms with Gasteiger partial charge in [-0.1, -0.05) is 35.9 Å². The van der Waals surface area contributed by atoms with Gasteiger partial charge in [0.15, 0.2) is 0 Å². The molecule has 1 unspecified atom stereocenters. The molecule has 0 bridgehead atoms. The number of hydrogen-bond acceptors (Lipinski definition) is 3. The Hall–Kier alpha value is -2.46. The van der Waals surface area contributed by atoms with Crippen molar-refractivity contribution in [3.05, 3.63) is 69.8 Å². The van der Waals surface area contributed by atoms with Gasteiger partial charge in [-0.2, -0.15) is 0 Å². The van der Waals surface area contributed by atoms with Gasteiger partial charge in [0, 0.05) is 0 Å². The molecule has 3 aromatic rings. The van der Waals surface area contributed by atoms with E-state index < -0.39 is 17.3 Å². The Morgan fingerprint density at radius 2 is 1.91 bits per heavy atom. The van der Waals surface area contributed by atoms with Crippen LogP contribution >= 0.6 is 0 Å². The zero-order valence-corrected chi connectivity index (χ0v) is 12.4. The monoisotopic (exact) mass is 297 g/mol. The maximum atomic E-state index is 14.1. The van der Waals surface area contributed by atoms with Crippen LogP contribution in [0.4, 0.5) is 4.39 Å². The second kappa shape index (κ2) is 5.39. The van der Waals surface area contributed by atoms with E-state index in [2.05, 4.69) is 0 Å². The van der Waals surface area contributed by atoms with E-state index in [0.717, 1.165) is 5.56 Å². The highest BCUT2D eigenvalue weighted by atomic mass is 19.1. The molecule has 0 spiro atoms. The molecule has 0 saturated carbocycles. The average Bonchev–Trinajstić information content (AvgIpc) is 2.46. The van der Waals surface area contributed by atoms with Gasteiger partial charge < -0.3 is 10.2 Å². The van der Waals surface area contributed by atoms with Gasteiger partial charge in [0.25, 0.3) is 0 Å². The molecule has 0 aliphatic rings. The topological polar surface area (TPSA) is 56.2 Å². The maximum Gasteiger partial charge on any atom is 0.203 e. The van der Waals surface area contributed by atoms with E-state index >= 15 is 0 Å². The first kappa shape index (κ1) is 14.5. The molecule has 4 heteroatoms. The number of rotatable bonds is 2. The van der Waals surface area contributed by atoms with E-state index in [9.17, 15) is 9.18 Å². The number of hydrogen-bond donors (Lipinski definition) is 1. The first-order valence-electron chi connectivity index (χ1n) is 7.07. The summed E-state index contributed by atoms with van der Waals surface area (Å²) in [6, 6.07) is 11.3. The van der Waals surface area contributed by atoms with Crippen LogP contribution in [0.15, 0.2) is 51.7 Å². The van der Waals surface area contributed by atoms with Crippen LogP contribution in [0.25, 0.3) is 22.1 Å². The Labute approximate surface area is 127 Å². The van der Waals surface area contributed by atoms with Crippen molar-refractivity contribution in [2.24, 2.45) is 5.73 Å². The lowest BCUT2D eigenvalue weighted by Gasteiger charge is -2.13. The summed E-state index contributed by atoms with van der Waals surface area (Å²) >= 11 is 0. The largest absolute Gasteiger partial charge is 0.458 e. The van der Waals surface area contributed by atoms with Crippen molar-refractivity contribution >= 4 is 11.0 Å². The summed E-state index contributed by atoms with van der Waals surface area (Å²) in [5, 5.41) is -0.0385.